The molecule has 2 aromatic rings. The molecule has 1 heterocycles. The monoisotopic (exact) mass is 372 g/mol. The fourth-order valence-corrected chi connectivity index (χ4v) is 3.17. The van der Waals surface area contributed by atoms with Gasteiger partial charge in [-0.3, -0.25) is 0 Å². The molecule has 0 unspecified atom stereocenters. The van der Waals surface area contributed by atoms with Crippen LogP contribution >= 0.6 is 27.7 Å². The summed E-state index contributed by atoms with van der Waals surface area (Å²) in [5.41, 5.74) is 1.08. The number of hydrogen-bond donors (Lipinski definition) is 1. The summed E-state index contributed by atoms with van der Waals surface area (Å²) in [7, 11) is 0. The fraction of sp³-hybridized carbons (Fsp3) is 0.385. The first kappa shape index (κ1) is 16.0. The molecule has 0 spiro atoms. The van der Waals surface area contributed by atoms with Gasteiger partial charge in [-0.2, -0.15) is 0 Å². The Balaban J connectivity index is 2.18. The van der Waals surface area contributed by atoms with E-state index in [9.17, 15) is 0 Å². The summed E-state index contributed by atoms with van der Waals surface area (Å²) in [5.74, 6) is 7.88. The van der Waals surface area contributed by atoms with Crippen molar-refractivity contribution in [2.24, 2.45) is 0 Å². The minimum Gasteiger partial charge on any atom is -0.490 e. The van der Waals surface area contributed by atoms with Crippen molar-refractivity contribution in [1.82, 2.24) is 14.9 Å². The highest BCUT2D eigenvalue weighted by molar-refractivity contribution is 9.10. The molecular formula is C13H17BrN4O2S. The van der Waals surface area contributed by atoms with E-state index in [2.05, 4.69) is 26.1 Å². The molecule has 21 heavy (non-hydrogen) atoms. The van der Waals surface area contributed by atoms with Crippen molar-refractivity contribution >= 4 is 27.7 Å². The molecule has 0 saturated carbocycles. The van der Waals surface area contributed by atoms with Crippen molar-refractivity contribution in [3.63, 3.8) is 0 Å². The number of benzene rings is 1. The Hall–Kier alpha value is -1.41. The maximum Gasteiger partial charge on any atom is 0.209 e. The number of nitrogens with two attached hydrogens (primary N) is 1. The zero-order valence-corrected chi connectivity index (χ0v) is 14.3. The maximum absolute atomic E-state index is 5.70. The van der Waals surface area contributed by atoms with Crippen LogP contribution in [0.15, 0.2) is 28.1 Å². The summed E-state index contributed by atoms with van der Waals surface area (Å²) < 4.78 is 13.6. The maximum atomic E-state index is 5.70. The minimum atomic E-state index is 0.589. The molecule has 1 aromatic heterocycles. The minimum absolute atomic E-state index is 0.589. The van der Waals surface area contributed by atoms with Gasteiger partial charge >= 0.3 is 0 Å². The summed E-state index contributed by atoms with van der Waals surface area (Å²) in [6, 6.07) is 3.90. The van der Waals surface area contributed by atoms with Crippen molar-refractivity contribution in [2.75, 3.05) is 19.1 Å². The molecule has 0 fully saturated rings. The summed E-state index contributed by atoms with van der Waals surface area (Å²) >= 11 is 5.07. The SMILES string of the molecule is CCOc1cc(Br)c(CSc2nncn2N)cc1OCC. The normalized spacial score (nSPS) is 10.6. The van der Waals surface area contributed by atoms with Crippen LogP contribution in [0.2, 0.25) is 0 Å². The number of halogens is 1. The van der Waals surface area contributed by atoms with Crippen molar-refractivity contribution in [3.8, 4) is 11.5 Å². The highest BCUT2D eigenvalue weighted by Crippen LogP contribution is 2.36. The highest BCUT2D eigenvalue weighted by Gasteiger charge is 2.12. The smallest absolute Gasteiger partial charge is 0.209 e. The van der Waals surface area contributed by atoms with E-state index < -0.39 is 0 Å². The van der Waals surface area contributed by atoms with Gasteiger partial charge in [-0.15, -0.1) is 10.2 Å². The largest absolute Gasteiger partial charge is 0.490 e. The van der Waals surface area contributed by atoms with Gasteiger partial charge in [0, 0.05) is 10.2 Å². The molecule has 0 aliphatic carbocycles. The molecule has 0 aliphatic rings. The third-order valence-electron chi connectivity index (χ3n) is 2.61. The molecule has 2 N–H and O–H groups in total. The second-order valence-electron chi connectivity index (χ2n) is 4.07. The average Bonchev–Trinajstić information content (AvgIpc) is 2.86. The van der Waals surface area contributed by atoms with Crippen LogP contribution < -0.4 is 15.3 Å². The van der Waals surface area contributed by atoms with Gasteiger partial charge in [0.1, 0.15) is 6.33 Å². The highest BCUT2D eigenvalue weighted by atomic mass is 79.9. The number of aromatic nitrogens is 3. The Morgan fingerprint density at radius 1 is 1.24 bits per heavy atom. The molecule has 0 atom stereocenters. The molecule has 8 heteroatoms. The lowest BCUT2D eigenvalue weighted by molar-refractivity contribution is 0.287. The molecular weight excluding hydrogens is 356 g/mol. The zero-order valence-electron chi connectivity index (χ0n) is 11.9. The number of nitrogens with zero attached hydrogens (tertiary/aromatic N) is 3. The quantitative estimate of drug-likeness (QED) is 0.594. The molecule has 0 saturated heterocycles. The second kappa shape index (κ2) is 7.56. The zero-order chi connectivity index (χ0) is 15.2. The molecule has 1 aromatic carbocycles. The lowest BCUT2D eigenvalue weighted by atomic mass is 10.2. The van der Waals surface area contributed by atoms with E-state index in [1.165, 1.54) is 22.8 Å². The number of thioether (sulfide) groups is 1. The number of rotatable bonds is 7. The molecule has 0 bridgehead atoms. The Morgan fingerprint density at radius 3 is 2.48 bits per heavy atom. The van der Waals surface area contributed by atoms with Crippen LogP contribution in [0, 0.1) is 0 Å². The van der Waals surface area contributed by atoms with Gasteiger partial charge in [0.15, 0.2) is 11.5 Å². The van der Waals surface area contributed by atoms with E-state index in [4.69, 9.17) is 15.3 Å². The van der Waals surface area contributed by atoms with Gasteiger partial charge in [0.25, 0.3) is 0 Å². The number of nitrogen functional groups attached to an aromatic ring is 1. The first-order valence-electron chi connectivity index (χ1n) is 6.51. The molecule has 2 rings (SSSR count). The van der Waals surface area contributed by atoms with Crippen LogP contribution in [-0.2, 0) is 5.75 Å². The second-order valence-corrected chi connectivity index (χ2v) is 5.86. The van der Waals surface area contributed by atoms with E-state index in [1.807, 2.05) is 26.0 Å². The van der Waals surface area contributed by atoms with Crippen molar-refractivity contribution in [3.05, 3.63) is 28.5 Å². The molecule has 114 valence electrons. The van der Waals surface area contributed by atoms with Crippen LogP contribution in [0.4, 0.5) is 0 Å². The summed E-state index contributed by atoms with van der Waals surface area (Å²) in [4.78, 5) is 0. The van der Waals surface area contributed by atoms with E-state index in [0.29, 0.717) is 24.1 Å². The summed E-state index contributed by atoms with van der Waals surface area (Å²) in [6.07, 6.45) is 1.47. The van der Waals surface area contributed by atoms with Gasteiger partial charge in [0.2, 0.25) is 5.16 Å². The summed E-state index contributed by atoms with van der Waals surface area (Å²) in [5, 5.41) is 8.36. The van der Waals surface area contributed by atoms with Crippen LogP contribution in [0.1, 0.15) is 19.4 Å². The standard InChI is InChI=1S/C13H17BrN4O2S/c1-3-19-11-5-9(10(14)6-12(11)20-4-2)7-21-13-17-16-8-18(13)15/h5-6,8H,3-4,7,15H2,1-2H3. The lowest BCUT2D eigenvalue weighted by Gasteiger charge is -2.14. The average molecular weight is 373 g/mol. The Morgan fingerprint density at radius 2 is 1.90 bits per heavy atom. The van der Waals surface area contributed by atoms with Gasteiger partial charge in [-0.25, -0.2) is 4.68 Å². The third-order valence-corrected chi connectivity index (χ3v) is 4.35. The van der Waals surface area contributed by atoms with E-state index in [1.54, 1.807) is 0 Å². The summed E-state index contributed by atoms with van der Waals surface area (Å²) in [6.45, 7) is 5.08. The number of hydrogen-bond acceptors (Lipinski definition) is 6. The van der Waals surface area contributed by atoms with Gasteiger partial charge < -0.3 is 15.3 Å². The van der Waals surface area contributed by atoms with Gasteiger partial charge in [-0.1, -0.05) is 27.7 Å². The third kappa shape index (κ3) is 4.04. The lowest BCUT2D eigenvalue weighted by Crippen LogP contribution is -2.07. The van der Waals surface area contributed by atoms with Crippen molar-refractivity contribution in [2.45, 2.75) is 24.8 Å². The first-order chi connectivity index (χ1) is 10.2. The first-order valence-corrected chi connectivity index (χ1v) is 8.29. The predicted molar refractivity (Wildman–Crippen MR) is 86.2 cm³/mol. The molecule has 0 aliphatic heterocycles. The van der Waals surface area contributed by atoms with Crippen LogP contribution in [0.5, 0.6) is 11.5 Å². The predicted octanol–water partition coefficient (Wildman–Crippen LogP) is 2.84. The Labute approximate surface area is 136 Å². The fourth-order valence-electron chi connectivity index (χ4n) is 1.70. The topological polar surface area (TPSA) is 75.2 Å². The molecule has 0 radical (unpaired) electrons. The van der Waals surface area contributed by atoms with E-state index in [0.717, 1.165) is 21.5 Å². The van der Waals surface area contributed by atoms with Crippen LogP contribution in [-0.4, -0.2) is 28.1 Å². The molecule has 6 nitrogen and oxygen atoms in total. The van der Waals surface area contributed by atoms with Crippen LogP contribution in [0.3, 0.4) is 0 Å². The van der Waals surface area contributed by atoms with Gasteiger partial charge in [-0.05, 0) is 31.5 Å². The number of ether oxygens (including phenoxy) is 2. The Kier molecular flexibility index (Phi) is 5.75. The van der Waals surface area contributed by atoms with Crippen molar-refractivity contribution < 1.29 is 9.47 Å². The van der Waals surface area contributed by atoms with E-state index in [-0.39, 0.29) is 0 Å². The van der Waals surface area contributed by atoms with Crippen LogP contribution in [0.25, 0.3) is 0 Å². The van der Waals surface area contributed by atoms with E-state index >= 15 is 0 Å². The molecule has 0 amide bonds. The Bertz CT molecular complexity index is 606. The van der Waals surface area contributed by atoms with Crippen molar-refractivity contribution in [1.29, 1.82) is 0 Å². The van der Waals surface area contributed by atoms with Gasteiger partial charge in [0.05, 0.1) is 13.2 Å².